The summed E-state index contributed by atoms with van der Waals surface area (Å²) in [6.45, 7) is 6.77. The maximum atomic E-state index is 15.0. The Morgan fingerprint density at radius 1 is 1.17 bits per heavy atom. The van der Waals surface area contributed by atoms with Crippen LogP contribution >= 0.6 is 0 Å². The number of ether oxygens (including phenoxy) is 1. The summed E-state index contributed by atoms with van der Waals surface area (Å²) >= 11 is 0. The summed E-state index contributed by atoms with van der Waals surface area (Å²) in [4.78, 5) is 29.4. The van der Waals surface area contributed by atoms with Crippen LogP contribution in [0.15, 0.2) is 43.2 Å². The van der Waals surface area contributed by atoms with Crippen LogP contribution in [0.5, 0.6) is 5.75 Å². The fourth-order valence-electron chi connectivity index (χ4n) is 5.39. The number of hydrogen-bond acceptors (Lipinski definition) is 7. The van der Waals surface area contributed by atoms with Crippen molar-refractivity contribution in [3.8, 4) is 5.75 Å². The largest absolute Gasteiger partial charge is 0.484 e. The first kappa shape index (κ1) is 22.6. The molecule has 0 spiro atoms. The second-order valence-electron chi connectivity index (χ2n) is 9.92. The summed E-state index contributed by atoms with van der Waals surface area (Å²) in [5, 5.41) is 2.89. The standard InChI is InChI=1S/C26H26F2N6O2/c1-3-21(35)34-13-15-11-16(34)12-33(15)20-8-6-18-24(32-20)25(30-14-29-18)31-17-5-7-19(23(28)22(17)27)36-26(2)9-4-10-26/h3,5-8,14-16H,1,4,9-13H2,2H3,(H,29,30,31)/t15-,16-/m0/s1. The molecule has 1 N–H and O–H groups in total. The van der Waals surface area contributed by atoms with E-state index in [2.05, 4.69) is 26.8 Å². The van der Waals surface area contributed by atoms with E-state index in [9.17, 15) is 13.6 Å². The van der Waals surface area contributed by atoms with Gasteiger partial charge in [-0.3, -0.25) is 4.79 Å². The van der Waals surface area contributed by atoms with Crippen molar-refractivity contribution in [1.29, 1.82) is 0 Å². The summed E-state index contributed by atoms with van der Waals surface area (Å²) in [6.07, 6.45) is 6.22. The molecule has 8 nitrogen and oxygen atoms in total. The number of halogens is 2. The second-order valence-corrected chi connectivity index (χ2v) is 9.92. The molecule has 10 heteroatoms. The predicted molar refractivity (Wildman–Crippen MR) is 131 cm³/mol. The fraction of sp³-hybridized carbons (Fsp3) is 0.385. The normalized spacial score (nSPS) is 22.0. The average Bonchev–Trinajstić information content (AvgIpc) is 3.48. The van der Waals surface area contributed by atoms with Crippen LogP contribution in [0, 0.1) is 11.6 Å². The molecule has 2 saturated heterocycles. The maximum Gasteiger partial charge on any atom is 0.246 e. The second kappa shape index (κ2) is 8.39. The first-order valence-electron chi connectivity index (χ1n) is 12.1. The lowest BCUT2D eigenvalue weighted by Gasteiger charge is -2.38. The Kier molecular flexibility index (Phi) is 5.27. The summed E-state index contributed by atoms with van der Waals surface area (Å²) in [6, 6.07) is 6.86. The zero-order chi connectivity index (χ0) is 25.0. The van der Waals surface area contributed by atoms with Crippen LogP contribution in [0.3, 0.4) is 0 Å². The number of fused-ring (bicyclic) bond motifs is 3. The molecule has 6 rings (SSSR count). The van der Waals surface area contributed by atoms with Crippen LogP contribution in [0.25, 0.3) is 11.0 Å². The van der Waals surface area contributed by atoms with Gasteiger partial charge in [0.1, 0.15) is 23.3 Å². The zero-order valence-corrected chi connectivity index (χ0v) is 19.9. The Labute approximate surface area is 207 Å². The van der Waals surface area contributed by atoms with Crippen molar-refractivity contribution >= 4 is 34.3 Å². The Bertz CT molecular complexity index is 1380. The molecule has 186 valence electrons. The minimum Gasteiger partial charge on any atom is -0.484 e. The van der Waals surface area contributed by atoms with E-state index < -0.39 is 17.2 Å². The van der Waals surface area contributed by atoms with Gasteiger partial charge < -0.3 is 19.9 Å². The molecule has 2 bridgehead atoms. The molecule has 0 radical (unpaired) electrons. The van der Waals surface area contributed by atoms with Crippen LogP contribution in [0.1, 0.15) is 32.6 Å². The monoisotopic (exact) mass is 492 g/mol. The molecule has 3 aliphatic rings. The Balaban J connectivity index is 1.27. The molecule has 0 unspecified atom stereocenters. The minimum absolute atomic E-state index is 0.0547. The highest BCUT2D eigenvalue weighted by Gasteiger charge is 2.45. The number of piperazine rings is 1. The van der Waals surface area contributed by atoms with Gasteiger partial charge in [-0.1, -0.05) is 6.58 Å². The number of anilines is 3. The Hall–Kier alpha value is -3.82. The molecule has 1 amide bonds. The lowest BCUT2D eigenvalue weighted by atomic mass is 9.82. The van der Waals surface area contributed by atoms with E-state index in [1.165, 1.54) is 24.5 Å². The van der Waals surface area contributed by atoms with Gasteiger partial charge in [-0.2, -0.15) is 4.39 Å². The van der Waals surface area contributed by atoms with Crippen molar-refractivity contribution in [1.82, 2.24) is 19.9 Å². The topological polar surface area (TPSA) is 83.5 Å². The molecule has 36 heavy (non-hydrogen) atoms. The van der Waals surface area contributed by atoms with Gasteiger partial charge in [-0.25, -0.2) is 19.3 Å². The Morgan fingerprint density at radius 2 is 2.00 bits per heavy atom. The summed E-state index contributed by atoms with van der Waals surface area (Å²) in [5.74, 6) is -1.23. The number of hydrogen-bond donors (Lipinski definition) is 1. The predicted octanol–water partition coefficient (Wildman–Crippen LogP) is 4.34. The van der Waals surface area contributed by atoms with Gasteiger partial charge >= 0.3 is 0 Å². The van der Waals surface area contributed by atoms with E-state index in [1.807, 2.05) is 24.0 Å². The summed E-state index contributed by atoms with van der Waals surface area (Å²) < 4.78 is 35.5. The lowest BCUT2D eigenvalue weighted by molar-refractivity contribution is -0.127. The number of nitrogens with zero attached hydrogens (tertiary/aromatic N) is 5. The van der Waals surface area contributed by atoms with Crippen LogP contribution in [-0.4, -0.2) is 56.5 Å². The van der Waals surface area contributed by atoms with E-state index in [0.717, 1.165) is 31.5 Å². The van der Waals surface area contributed by atoms with Crippen molar-refractivity contribution in [2.24, 2.45) is 0 Å². The van der Waals surface area contributed by atoms with Crippen molar-refractivity contribution in [2.45, 2.75) is 50.3 Å². The SMILES string of the molecule is C=CC(=O)N1C[C@@H]2C[C@H]1CN2c1ccc2ncnc(Nc3ccc(OC4(C)CCC4)c(F)c3F)c2n1. The molecule has 3 aromatic rings. The van der Waals surface area contributed by atoms with Gasteiger partial charge in [0.25, 0.3) is 0 Å². The third-order valence-electron chi connectivity index (χ3n) is 7.53. The highest BCUT2D eigenvalue weighted by molar-refractivity contribution is 5.89. The van der Waals surface area contributed by atoms with Gasteiger partial charge in [0, 0.05) is 13.1 Å². The number of benzene rings is 1. The van der Waals surface area contributed by atoms with Gasteiger partial charge in [0.2, 0.25) is 11.7 Å². The van der Waals surface area contributed by atoms with Crippen molar-refractivity contribution in [2.75, 3.05) is 23.3 Å². The lowest BCUT2D eigenvalue weighted by Crippen LogP contribution is -2.48. The van der Waals surface area contributed by atoms with Crippen molar-refractivity contribution in [3.05, 3.63) is 54.9 Å². The van der Waals surface area contributed by atoms with Crippen molar-refractivity contribution < 1.29 is 18.3 Å². The minimum atomic E-state index is -1.04. The van der Waals surface area contributed by atoms with E-state index in [4.69, 9.17) is 9.72 Å². The number of amides is 1. The molecule has 2 aromatic heterocycles. The molecule has 1 aliphatic carbocycles. The smallest absolute Gasteiger partial charge is 0.246 e. The molecule has 1 saturated carbocycles. The highest BCUT2D eigenvalue weighted by Crippen LogP contribution is 2.39. The van der Waals surface area contributed by atoms with Gasteiger partial charge in [-0.15, -0.1) is 0 Å². The summed E-state index contributed by atoms with van der Waals surface area (Å²) in [5.41, 5.74) is 0.502. The molecular formula is C26H26F2N6O2. The molecular weight excluding hydrogens is 466 g/mol. The van der Waals surface area contributed by atoms with Crippen LogP contribution in [0.4, 0.5) is 26.1 Å². The number of pyridine rings is 1. The van der Waals surface area contributed by atoms with Crippen molar-refractivity contribution in [3.63, 3.8) is 0 Å². The summed E-state index contributed by atoms with van der Waals surface area (Å²) in [7, 11) is 0. The quantitative estimate of drug-likeness (QED) is 0.513. The average molecular weight is 493 g/mol. The molecule has 4 heterocycles. The number of aromatic nitrogens is 3. The maximum absolute atomic E-state index is 15.0. The number of rotatable bonds is 6. The first-order valence-corrected chi connectivity index (χ1v) is 12.1. The first-order chi connectivity index (χ1) is 17.3. The van der Waals surface area contributed by atoms with Crippen LogP contribution in [0.2, 0.25) is 0 Å². The number of carbonyl (C=O) groups excluding carboxylic acids is 1. The number of carbonyl (C=O) groups is 1. The molecule has 2 atom stereocenters. The third-order valence-corrected chi connectivity index (χ3v) is 7.53. The fourth-order valence-corrected chi connectivity index (χ4v) is 5.39. The third kappa shape index (κ3) is 3.71. The van der Waals surface area contributed by atoms with Gasteiger partial charge in [0.15, 0.2) is 17.4 Å². The van der Waals surface area contributed by atoms with E-state index >= 15 is 0 Å². The van der Waals surface area contributed by atoms with E-state index in [1.54, 1.807) is 0 Å². The molecule has 1 aromatic carbocycles. The molecule has 3 fully saturated rings. The van der Waals surface area contributed by atoms with E-state index in [-0.39, 0.29) is 35.2 Å². The van der Waals surface area contributed by atoms with Crippen LogP contribution < -0.4 is 15.0 Å². The number of nitrogens with one attached hydrogen (secondary N) is 1. The van der Waals surface area contributed by atoms with Gasteiger partial charge in [-0.05, 0) is 62.9 Å². The molecule has 2 aliphatic heterocycles. The van der Waals surface area contributed by atoms with Gasteiger partial charge in [0.05, 0.1) is 23.3 Å². The Morgan fingerprint density at radius 3 is 2.69 bits per heavy atom. The highest BCUT2D eigenvalue weighted by atomic mass is 19.2. The number of likely N-dealkylation sites (tertiary alicyclic amines) is 1. The van der Waals surface area contributed by atoms with Crippen LogP contribution in [-0.2, 0) is 4.79 Å². The zero-order valence-electron chi connectivity index (χ0n) is 19.9. The van der Waals surface area contributed by atoms with E-state index in [0.29, 0.717) is 24.1 Å².